The number of carbonyl (C=O) groups excluding carboxylic acids is 2. The first-order chi connectivity index (χ1) is 17.5. The Balaban J connectivity index is 1.52. The summed E-state index contributed by atoms with van der Waals surface area (Å²) in [7, 11) is 1.38. The maximum absolute atomic E-state index is 13.4. The van der Waals surface area contributed by atoms with Gasteiger partial charge in [-0.2, -0.15) is 0 Å². The third-order valence-corrected chi connectivity index (χ3v) is 5.72. The number of aliphatic imine (C=N–C) groups is 1. The van der Waals surface area contributed by atoms with Crippen molar-refractivity contribution >= 4 is 51.8 Å². The van der Waals surface area contributed by atoms with Crippen molar-refractivity contribution in [2.75, 3.05) is 17.3 Å². The summed E-state index contributed by atoms with van der Waals surface area (Å²) in [6.45, 7) is 1.42. The van der Waals surface area contributed by atoms with Gasteiger partial charge >= 0.3 is 6.01 Å². The van der Waals surface area contributed by atoms with Crippen LogP contribution in [-0.4, -0.2) is 40.7 Å². The van der Waals surface area contributed by atoms with Crippen LogP contribution in [0.1, 0.15) is 29.7 Å². The minimum atomic E-state index is -0.464. The molecule has 180 valence electrons. The highest BCUT2D eigenvalue weighted by Crippen LogP contribution is 2.29. The molecule has 12 heteroatoms. The molecule has 0 aliphatic carbocycles. The van der Waals surface area contributed by atoms with E-state index in [0.717, 1.165) is 0 Å². The van der Waals surface area contributed by atoms with Gasteiger partial charge in [0.05, 0.1) is 11.3 Å². The van der Waals surface area contributed by atoms with Crippen LogP contribution in [0.4, 0.5) is 11.0 Å². The van der Waals surface area contributed by atoms with Crippen molar-refractivity contribution in [3.8, 4) is 0 Å². The Bertz CT molecular complexity index is 1500. The lowest BCUT2D eigenvalue weighted by molar-refractivity contribution is -0.114. The zero-order chi connectivity index (χ0) is 25.1. The summed E-state index contributed by atoms with van der Waals surface area (Å²) >= 11 is 1.30. The molecule has 11 nitrogen and oxygen atoms in total. The van der Waals surface area contributed by atoms with Gasteiger partial charge in [-0.15, -0.1) is 16.4 Å². The molecule has 0 atom stereocenters. The Morgan fingerprint density at radius 3 is 2.75 bits per heavy atom. The molecule has 0 unspecified atom stereocenters. The van der Waals surface area contributed by atoms with E-state index in [-0.39, 0.29) is 29.2 Å². The number of hydrogen-bond donors (Lipinski definition) is 1. The van der Waals surface area contributed by atoms with Gasteiger partial charge in [0.1, 0.15) is 18.6 Å². The molecular formula is C24H18N6O5S. The summed E-state index contributed by atoms with van der Waals surface area (Å²) in [6, 6.07) is 14.2. The molecule has 1 aromatic carbocycles. The molecule has 4 aromatic rings. The van der Waals surface area contributed by atoms with Crippen LogP contribution in [-0.2, 0) is 14.4 Å². The van der Waals surface area contributed by atoms with E-state index in [1.807, 2.05) is 30.3 Å². The van der Waals surface area contributed by atoms with Crippen LogP contribution in [0.15, 0.2) is 84.9 Å². The lowest BCUT2D eigenvalue weighted by atomic mass is 10.2. The number of furan rings is 1. The molecule has 0 radical (unpaired) electrons. The number of carbonyl (C=O) groups is 2. The Kier molecular flexibility index (Phi) is 6.24. The second-order valence-corrected chi connectivity index (χ2v) is 8.29. The largest absolute Gasteiger partial charge is 0.465 e. The second kappa shape index (κ2) is 9.80. The normalized spacial score (nSPS) is 14.9. The van der Waals surface area contributed by atoms with Crippen molar-refractivity contribution in [1.29, 1.82) is 0 Å². The van der Waals surface area contributed by atoms with Crippen molar-refractivity contribution in [2.24, 2.45) is 10.1 Å². The fraction of sp³-hybridized carbons (Fsp3) is 0.0833. The molecule has 0 fully saturated rings. The van der Waals surface area contributed by atoms with Crippen molar-refractivity contribution in [3.05, 3.63) is 88.6 Å². The lowest BCUT2D eigenvalue weighted by Crippen LogP contribution is -2.33. The Hall–Kier alpha value is -4.84. The zero-order valence-electron chi connectivity index (χ0n) is 19.0. The molecule has 1 aliphatic heterocycles. The smallest absolute Gasteiger partial charge is 0.331 e. The first kappa shape index (κ1) is 22.9. The van der Waals surface area contributed by atoms with E-state index in [2.05, 4.69) is 25.7 Å². The van der Waals surface area contributed by atoms with Gasteiger partial charge in [-0.1, -0.05) is 40.6 Å². The number of rotatable bonds is 7. The number of amides is 2. The van der Waals surface area contributed by atoms with Gasteiger partial charge in [-0.25, -0.2) is 9.89 Å². The van der Waals surface area contributed by atoms with Crippen LogP contribution in [0.3, 0.4) is 0 Å². The highest BCUT2D eigenvalue weighted by atomic mass is 32.1. The molecule has 0 spiro atoms. The van der Waals surface area contributed by atoms with Gasteiger partial charge in [-0.05, 0) is 18.2 Å². The van der Waals surface area contributed by atoms with E-state index < -0.39 is 5.91 Å². The van der Waals surface area contributed by atoms with E-state index in [0.29, 0.717) is 27.7 Å². The summed E-state index contributed by atoms with van der Waals surface area (Å²) in [4.78, 5) is 35.5. The number of nitrogens with zero attached hydrogens (tertiary/aromatic N) is 5. The number of oxime groups is 1. The number of thiophene rings is 1. The number of anilines is 2. The highest BCUT2D eigenvalue weighted by Gasteiger charge is 2.36. The predicted octanol–water partition coefficient (Wildman–Crippen LogP) is 3.92. The van der Waals surface area contributed by atoms with Crippen LogP contribution >= 0.6 is 11.3 Å². The Morgan fingerprint density at radius 2 is 2.03 bits per heavy atom. The molecule has 4 heterocycles. The average molecular weight is 503 g/mol. The fourth-order valence-corrected chi connectivity index (χ4v) is 4.22. The van der Waals surface area contributed by atoms with Crippen molar-refractivity contribution < 1.29 is 23.3 Å². The van der Waals surface area contributed by atoms with E-state index >= 15 is 0 Å². The molecular weight excluding hydrogens is 484 g/mol. The van der Waals surface area contributed by atoms with E-state index in [1.54, 1.807) is 23.6 Å². The van der Waals surface area contributed by atoms with Gasteiger partial charge in [0.25, 0.3) is 11.8 Å². The summed E-state index contributed by atoms with van der Waals surface area (Å²) in [6.07, 6.45) is 3.05. The van der Waals surface area contributed by atoms with E-state index in [1.165, 1.54) is 42.6 Å². The molecule has 2 amide bonds. The minimum absolute atomic E-state index is 0.0164. The second-order valence-electron chi connectivity index (χ2n) is 7.38. The van der Waals surface area contributed by atoms with Gasteiger partial charge in [0, 0.05) is 29.5 Å². The maximum atomic E-state index is 13.4. The molecule has 1 N–H and O–H groups in total. The maximum Gasteiger partial charge on any atom is 0.331 e. The summed E-state index contributed by atoms with van der Waals surface area (Å²) in [5, 5.41) is 17.3. The Labute approximate surface area is 208 Å². The van der Waals surface area contributed by atoms with Crippen molar-refractivity contribution in [1.82, 2.24) is 10.2 Å². The fourth-order valence-electron chi connectivity index (χ4n) is 3.39. The quantitative estimate of drug-likeness (QED) is 0.230. The predicted molar refractivity (Wildman–Crippen MR) is 133 cm³/mol. The molecule has 5 rings (SSSR count). The lowest BCUT2D eigenvalue weighted by Gasteiger charge is -2.13. The van der Waals surface area contributed by atoms with Gasteiger partial charge in [-0.3, -0.25) is 9.59 Å². The van der Waals surface area contributed by atoms with Crippen LogP contribution < -0.4 is 10.2 Å². The monoisotopic (exact) mass is 502 g/mol. The van der Waals surface area contributed by atoms with Crippen LogP contribution in [0.5, 0.6) is 0 Å². The first-order valence-electron chi connectivity index (χ1n) is 10.6. The third-order valence-electron chi connectivity index (χ3n) is 4.88. The first-order valence-corrected chi connectivity index (χ1v) is 11.5. The highest BCUT2D eigenvalue weighted by molar-refractivity contribution is 7.14. The third kappa shape index (κ3) is 4.57. The number of benzene rings is 1. The van der Waals surface area contributed by atoms with E-state index in [9.17, 15) is 9.59 Å². The summed E-state index contributed by atoms with van der Waals surface area (Å²) in [5.41, 5.74) is 1.65. The van der Waals surface area contributed by atoms with Gasteiger partial charge in [0.15, 0.2) is 11.5 Å². The molecule has 3 aromatic heterocycles. The molecule has 0 saturated carbocycles. The van der Waals surface area contributed by atoms with Crippen molar-refractivity contribution in [3.63, 3.8) is 0 Å². The van der Waals surface area contributed by atoms with Crippen molar-refractivity contribution in [2.45, 2.75) is 6.92 Å². The van der Waals surface area contributed by atoms with Crippen LogP contribution in [0.2, 0.25) is 0 Å². The SMILES string of the molecule is CON=C(c1csc(NC(C)=O)c1)c1nnc(N2C(=O)C(=Cc3ccco3)N=C2c2ccccc2)o1. The standard InChI is InChI=1S/C24H18N6O5S/c1-14(31)25-19-11-16(13-36-19)20(29-33-2)22-27-28-24(35-22)30-21(15-7-4-3-5-8-15)26-18(23(30)32)12-17-9-6-10-34-17/h3-13H,1-2H3,(H,25,31). The Morgan fingerprint density at radius 1 is 1.19 bits per heavy atom. The minimum Gasteiger partial charge on any atom is -0.465 e. The molecule has 36 heavy (non-hydrogen) atoms. The average Bonchev–Trinajstić information content (AvgIpc) is 3.67. The molecule has 0 saturated heterocycles. The van der Waals surface area contributed by atoms with Crippen LogP contribution in [0.25, 0.3) is 6.08 Å². The number of nitrogens with one attached hydrogen (secondary N) is 1. The van der Waals surface area contributed by atoms with E-state index in [4.69, 9.17) is 13.7 Å². The summed E-state index contributed by atoms with van der Waals surface area (Å²) in [5.74, 6) is 0.149. The number of aromatic nitrogens is 2. The molecule has 0 bridgehead atoms. The number of amidine groups is 1. The zero-order valence-corrected chi connectivity index (χ0v) is 19.9. The van der Waals surface area contributed by atoms with Gasteiger partial charge < -0.3 is 19.0 Å². The summed E-state index contributed by atoms with van der Waals surface area (Å²) < 4.78 is 11.2. The van der Waals surface area contributed by atoms with Gasteiger partial charge in [0.2, 0.25) is 5.91 Å². The van der Waals surface area contributed by atoms with Crippen LogP contribution in [0, 0.1) is 0 Å². The number of hydrogen-bond acceptors (Lipinski definition) is 10. The topological polar surface area (TPSA) is 135 Å². The molecule has 1 aliphatic rings.